The molecule has 0 aliphatic carbocycles. The van der Waals surface area contributed by atoms with Crippen molar-refractivity contribution in [2.24, 2.45) is 0 Å². The molecule has 3 rings (SSSR count). The van der Waals surface area contributed by atoms with Gasteiger partial charge in [-0.25, -0.2) is 4.98 Å². The molecular weight excluding hydrogens is 316 g/mol. The first-order valence-electron chi connectivity index (χ1n) is 7.12. The number of carbonyl (C=O) groups is 2. The van der Waals surface area contributed by atoms with Crippen LogP contribution in [0.15, 0.2) is 40.6 Å². The van der Waals surface area contributed by atoms with E-state index in [2.05, 4.69) is 15.6 Å². The van der Waals surface area contributed by atoms with E-state index in [0.29, 0.717) is 18.0 Å². The Morgan fingerprint density at radius 3 is 3.09 bits per heavy atom. The third kappa shape index (κ3) is 3.78. The van der Waals surface area contributed by atoms with Crippen molar-refractivity contribution in [2.75, 3.05) is 0 Å². The highest BCUT2D eigenvalue weighted by atomic mass is 32.1. The Balaban J connectivity index is 1.48. The van der Waals surface area contributed by atoms with Gasteiger partial charge in [-0.05, 0) is 19.1 Å². The van der Waals surface area contributed by atoms with Gasteiger partial charge < -0.3 is 15.1 Å². The van der Waals surface area contributed by atoms with Crippen LogP contribution in [0.3, 0.4) is 0 Å². The second-order valence-electron chi connectivity index (χ2n) is 5.09. The number of carbonyl (C=O) groups excluding carboxylic acids is 2. The van der Waals surface area contributed by atoms with Crippen molar-refractivity contribution in [3.05, 3.63) is 47.6 Å². The van der Waals surface area contributed by atoms with Crippen LogP contribution >= 0.6 is 11.3 Å². The summed E-state index contributed by atoms with van der Waals surface area (Å²) in [4.78, 5) is 29.1. The zero-order valence-corrected chi connectivity index (χ0v) is 13.3. The molecule has 0 unspecified atom stereocenters. The van der Waals surface area contributed by atoms with Crippen LogP contribution in [0.5, 0.6) is 0 Å². The highest BCUT2D eigenvalue weighted by Crippen LogP contribution is 2.11. The molecule has 3 heterocycles. The first kappa shape index (κ1) is 15.3. The Hall–Kier alpha value is -2.61. The second-order valence-corrected chi connectivity index (χ2v) is 5.96. The number of nitrogens with one attached hydrogen (secondary N) is 2. The van der Waals surface area contributed by atoms with Crippen LogP contribution in [-0.2, 0) is 22.6 Å². The molecule has 0 fully saturated rings. The number of amides is 2. The van der Waals surface area contributed by atoms with Crippen LogP contribution in [0, 0.1) is 0 Å². The number of fused-ring (bicyclic) bond motifs is 1. The molecule has 0 bridgehead atoms. The van der Waals surface area contributed by atoms with Crippen LogP contribution in [0.25, 0.3) is 4.96 Å². The van der Waals surface area contributed by atoms with E-state index in [4.69, 9.17) is 4.42 Å². The van der Waals surface area contributed by atoms with E-state index in [1.165, 1.54) is 11.3 Å². The molecule has 1 atom stereocenters. The SMILES string of the molecule is C[C@H](NC(=O)Cc1cn2ccsc2n1)C(=O)NCc1ccco1. The molecule has 8 heteroatoms. The van der Waals surface area contributed by atoms with Gasteiger partial charge in [0, 0.05) is 17.8 Å². The van der Waals surface area contributed by atoms with Crippen molar-refractivity contribution in [3.63, 3.8) is 0 Å². The molecule has 7 nitrogen and oxygen atoms in total. The molecular formula is C15H16N4O3S. The Kier molecular flexibility index (Phi) is 4.42. The summed E-state index contributed by atoms with van der Waals surface area (Å²) in [6.45, 7) is 1.94. The second kappa shape index (κ2) is 6.66. The summed E-state index contributed by atoms with van der Waals surface area (Å²) in [5.41, 5.74) is 0.678. The summed E-state index contributed by atoms with van der Waals surface area (Å²) in [5.74, 6) is 0.159. The van der Waals surface area contributed by atoms with Crippen LogP contribution in [0.1, 0.15) is 18.4 Å². The van der Waals surface area contributed by atoms with Gasteiger partial charge >= 0.3 is 0 Å². The van der Waals surface area contributed by atoms with E-state index in [1.807, 2.05) is 22.2 Å². The third-order valence-corrected chi connectivity index (χ3v) is 4.04. The third-order valence-electron chi connectivity index (χ3n) is 3.27. The number of thiazole rings is 1. The quantitative estimate of drug-likeness (QED) is 0.713. The van der Waals surface area contributed by atoms with Crippen molar-refractivity contribution in [1.82, 2.24) is 20.0 Å². The fourth-order valence-electron chi connectivity index (χ4n) is 2.12. The summed E-state index contributed by atoms with van der Waals surface area (Å²) >= 11 is 1.51. The van der Waals surface area contributed by atoms with Crippen LogP contribution in [-0.4, -0.2) is 27.2 Å². The average molecular weight is 332 g/mol. The maximum absolute atomic E-state index is 12.0. The minimum absolute atomic E-state index is 0.143. The summed E-state index contributed by atoms with van der Waals surface area (Å²) in [7, 11) is 0. The van der Waals surface area contributed by atoms with Gasteiger partial charge in [-0.1, -0.05) is 0 Å². The number of hydrogen-bond donors (Lipinski definition) is 2. The van der Waals surface area contributed by atoms with Crippen molar-refractivity contribution in [1.29, 1.82) is 0 Å². The van der Waals surface area contributed by atoms with Crippen molar-refractivity contribution < 1.29 is 14.0 Å². The van der Waals surface area contributed by atoms with Gasteiger partial charge in [-0.3, -0.25) is 14.0 Å². The molecule has 0 saturated heterocycles. The van der Waals surface area contributed by atoms with Crippen LogP contribution in [0.2, 0.25) is 0 Å². The fourth-order valence-corrected chi connectivity index (χ4v) is 2.84. The molecule has 2 N–H and O–H groups in total. The fraction of sp³-hybridized carbons (Fsp3) is 0.267. The smallest absolute Gasteiger partial charge is 0.242 e. The van der Waals surface area contributed by atoms with E-state index in [1.54, 1.807) is 25.3 Å². The molecule has 3 aromatic heterocycles. The molecule has 120 valence electrons. The normalized spacial score (nSPS) is 12.2. The molecule has 0 saturated carbocycles. The molecule has 0 aromatic carbocycles. The van der Waals surface area contributed by atoms with E-state index in [9.17, 15) is 9.59 Å². The van der Waals surface area contributed by atoms with E-state index >= 15 is 0 Å². The first-order chi connectivity index (χ1) is 11.1. The largest absolute Gasteiger partial charge is 0.467 e. The topological polar surface area (TPSA) is 88.6 Å². The molecule has 0 aliphatic heterocycles. The van der Waals surface area contributed by atoms with Gasteiger partial charge in [0.15, 0.2) is 4.96 Å². The predicted molar refractivity (Wildman–Crippen MR) is 84.9 cm³/mol. The van der Waals surface area contributed by atoms with Gasteiger partial charge in [0.1, 0.15) is 11.8 Å². The van der Waals surface area contributed by atoms with E-state index in [-0.39, 0.29) is 18.2 Å². The molecule has 0 aliphatic rings. The molecule has 2 amide bonds. The lowest BCUT2D eigenvalue weighted by Crippen LogP contribution is -2.45. The molecule has 3 aromatic rings. The molecule has 0 spiro atoms. The number of nitrogens with zero attached hydrogens (tertiary/aromatic N) is 2. The number of furan rings is 1. The van der Waals surface area contributed by atoms with Crippen molar-refractivity contribution in [2.45, 2.75) is 25.9 Å². The number of aromatic nitrogens is 2. The predicted octanol–water partition coefficient (Wildman–Crippen LogP) is 1.35. The monoisotopic (exact) mass is 332 g/mol. The molecule has 0 radical (unpaired) electrons. The Bertz CT molecular complexity index is 777. The lowest BCUT2D eigenvalue weighted by atomic mass is 10.2. The lowest BCUT2D eigenvalue weighted by molar-refractivity contribution is -0.128. The Morgan fingerprint density at radius 2 is 2.35 bits per heavy atom. The standard InChI is InChI=1S/C15H16N4O3S/c1-10(14(21)16-8-12-3-2-5-22-12)17-13(20)7-11-9-19-4-6-23-15(19)18-11/h2-6,9-10H,7-8H2,1H3,(H,16,21)(H,17,20)/t10-/m0/s1. The van der Waals surface area contributed by atoms with Gasteiger partial charge in [-0.15, -0.1) is 11.3 Å². The highest BCUT2D eigenvalue weighted by Gasteiger charge is 2.16. The minimum Gasteiger partial charge on any atom is -0.467 e. The van der Waals surface area contributed by atoms with Crippen LogP contribution < -0.4 is 10.6 Å². The van der Waals surface area contributed by atoms with Crippen molar-refractivity contribution in [3.8, 4) is 0 Å². The highest BCUT2D eigenvalue weighted by molar-refractivity contribution is 7.15. The van der Waals surface area contributed by atoms with Gasteiger partial charge in [0.05, 0.1) is 24.9 Å². The summed E-state index contributed by atoms with van der Waals surface area (Å²) in [6.07, 6.45) is 5.39. The Labute approximate surface area is 136 Å². The van der Waals surface area contributed by atoms with Crippen LogP contribution in [0.4, 0.5) is 0 Å². The van der Waals surface area contributed by atoms with E-state index < -0.39 is 6.04 Å². The summed E-state index contributed by atoms with van der Waals surface area (Å²) in [6, 6.07) is 2.90. The van der Waals surface area contributed by atoms with Gasteiger partial charge in [0.25, 0.3) is 0 Å². The minimum atomic E-state index is -0.624. The van der Waals surface area contributed by atoms with Crippen molar-refractivity contribution >= 4 is 28.1 Å². The van der Waals surface area contributed by atoms with E-state index in [0.717, 1.165) is 4.96 Å². The summed E-state index contributed by atoms with van der Waals surface area (Å²) in [5, 5.41) is 7.30. The zero-order valence-electron chi connectivity index (χ0n) is 12.5. The number of hydrogen-bond acceptors (Lipinski definition) is 5. The first-order valence-corrected chi connectivity index (χ1v) is 8.00. The molecule has 23 heavy (non-hydrogen) atoms. The maximum atomic E-state index is 12.0. The average Bonchev–Trinajstić information content (AvgIpc) is 3.20. The lowest BCUT2D eigenvalue weighted by Gasteiger charge is -2.13. The number of imidazole rings is 1. The van der Waals surface area contributed by atoms with Gasteiger partial charge in [-0.2, -0.15) is 0 Å². The summed E-state index contributed by atoms with van der Waals surface area (Å²) < 4.78 is 7.00. The Morgan fingerprint density at radius 1 is 1.48 bits per heavy atom. The van der Waals surface area contributed by atoms with Gasteiger partial charge in [0.2, 0.25) is 11.8 Å². The number of rotatable bonds is 6. The maximum Gasteiger partial charge on any atom is 0.242 e. The zero-order chi connectivity index (χ0) is 16.2.